The van der Waals surface area contributed by atoms with Gasteiger partial charge in [-0.05, 0) is 32.9 Å². The van der Waals surface area contributed by atoms with E-state index in [0.29, 0.717) is 17.1 Å². The molecule has 0 radical (unpaired) electrons. The summed E-state index contributed by atoms with van der Waals surface area (Å²) in [6, 6.07) is 5.51. The first-order chi connectivity index (χ1) is 8.52. The first-order valence-corrected chi connectivity index (χ1v) is 5.48. The number of nitriles is 1. The Morgan fingerprint density at radius 3 is 2.67 bits per heavy atom. The van der Waals surface area contributed by atoms with Gasteiger partial charge in [-0.15, -0.1) is 0 Å². The third kappa shape index (κ3) is 2.00. The molecule has 2 heterocycles. The van der Waals surface area contributed by atoms with Gasteiger partial charge in [0.1, 0.15) is 6.07 Å². The summed E-state index contributed by atoms with van der Waals surface area (Å²) in [7, 11) is 0. The Morgan fingerprint density at radius 1 is 1.39 bits per heavy atom. The molecule has 2 aromatic heterocycles. The third-order valence-electron chi connectivity index (χ3n) is 2.61. The molecule has 0 aliphatic carbocycles. The highest BCUT2D eigenvalue weighted by molar-refractivity contribution is 5.97. The van der Waals surface area contributed by atoms with Crippen molar-refractivity contribution in [2.75, 3.05) is 0 Å². The summed E-state index contributed by atoms with van der Waals surface area (Å²) in [4.78, 5) is 15.9. The molecule has 0 fully saturated rings. The van der Waals surface area contributed by atoms with Gasteiger partial charge < -0.3 is 0 Å². The van der Waals surface area contributed by atoms with Gasteiger partial charge in [0.05, 0.1) is 5.56 Å². The van der Waals surface area contributed by atoms with Crippen LogP contribution in [0, 0.1) is 25.2 Å². The van der Waals surface area contributed by atoms with Crippen molar-refractivity contribution in [3.63, 3.8) is 0 Å². The van der Waals surface area contributed by atoms with Crippen LogP contribution in [0.3, 0.4) is 0 Å². The SMILES string of the molecule is CC(=O)c1ccc(C)nc1-n1cc(C)c(C#N)n1. The number of pyridine rings is 1. The van der Waals surface area contributed by atoms with Gasteiger partial charge in [-0.1, -0.05) is 0 Å². The molecule has 0 aliphatic heterocycles. The molecule has 2 aromatic rings. The summed E-state index contributed by atoms with van der Waals surface area (Å²) < 4.78 is 1.48. The topological polar surface area (TPSA) is 71.6 Å². The Hall–Kier alpha value is -2.48. The normalized spacial score (nSPS) is 10.1. The van der Waals surface area contributed by atoms with Crippen molar-refractivity contribution in [2.45, 2.75) is 20.8 Å². The first-order valence-electron chi connectivity index (χ1n) is 5.48. The van der Waals surface area contributed by atoms with E-state index >= 15 is 0 Å². The molecule has 0 saturated carbocycles. The average molecular weight is 240 g/mol. The standard InChI is InChI=1S/C13H12N4O/c1-8-7-17(16-12(8)6-14)13-11(10(3)18)5-4-9(2)15-13/h4-5,7H,1-3H3. The lowest BCUT2D eigenvalue weighted by molar-refractivity contribution is 0.101. The van der Waals surface area contributed by atoms with Gasteiger partial charge in [-0.25, -0.2) is 9.67 Å². The van der Waals surface area contributed by atoms with E-state index in [4.69, 9.17) is 5.26 Å². The molecule has 0 amide bonds. The molecule has 0 aromatic carbocycles. The van der Waals surface area contributed by atoms with E-state index in [1.54, 1.807) is 25.3 Å². The number of Topliss-reactive ketones (excluding diaryl/α,β-unsaturated/α-hetero) is 1. The Kier molecular flexibility index (Phi) is 2.94. The number of ketones is 1. The minimum absolute atomic E-state index is 0.0795. The van der Waals surface area contributed by atoms with E-state index in [0.717, 1.165) is 11.3 Å². The number of aromatic nitrogens is 3. The van der Waals surface area contributed by atoms with Crippen LogP contribution in [0.2, 0.25) is 0 Å². The summed E-state index contributed by atoms with van der Waals surface area (Å²) in [6.07, 6.45) is 1.70. The number of carbonyl (C=O) groups excluding carboxylic acids is 1. The minimum Gasteiger partial charge on any atom is -0.294 e. The highest BCUT2D eigenvalue weighted by Gasteiger charge is 2.13. The number of carbonyl (C=O) groups is 1. The Bertz CT molecular complexity index is 664. The van der Waals surface area contributed by atoms with Crippen molar-refractivity contribution in [2.24, 2.45) is 0 Å². The molecule has 0 saturated heterocycles. The van der Waals surface area contributed by atoms with Crippen molar-refractivity contribution < 1.29 is 4.79 Å². The maximum absolute atomic E-state index is 11.6. The lowest BCUT2D eigenvalue weighted by atomic mass is 10.1. The van der Waals surface area contributed by atoms with Crippen LogP contribution in [-0.4, -0.2) is 20.5 Å². The maximum atomic E-state index is 11.6. The molecular formula is C13H12N4O. The number of aryl methyl sites for hydroxylation is 2. The summed E-state index contributed by atoms with van der Waals surface area (Å²) in [5.74, 6) is 0.385. The Labute approximate surface area is 105 Å². The third-order valence-corrected chi connectivity index (χ3v) is 2.61. The monoisotopic (exact) mass is 240 g/mol. The van der Waals surface area contributed by atoms with Crippen LogP contribution in [0.5, 0.6) is 0 Å². The van der Waals surface area contributed by atoms with Gasteiger partial charge in [0.25, 0.3) is 0 Å². The molecule has 5 heteroatoms. The zero-order valence-electron chi connectivity index (χ0n) is 10.4. The molecule has 90 valence electrons. The molecule has 5 nitrogen and oxygen atoms in total. The summed E-state index contributed by atoms with van der Waals surface area (Å²) in [5.41, 5.74) is 2.39. The summed E-state index contributed by atoms with van der Waals surface area (Å²) >= 11 is 0. The van der Waals surface area contributed by atoms with Crippen LogP contribution in [0.15, 0.2) is 18.3 Å². The molecule has 2 rings (SSSR count). The summed E-state index contributed by atoms with van der Waals surface area (Å²) in [5, 5.41) is 13.0. The Morgan fingerprint density at radius 2 is 2.11 bits per heavy atom. The Balaban J connectivity index is 2.66. The number of hydrogen-bond acceptors (Lipinski definition) is 4. The highest BCUT2D eigenvalue weighted by Crippen LogP contribution is 2.15. The van der Waals surface area contributed by atoms with Crippen LogP contribution in [0.4, 0.5) is 0 Å². The van der Waals surface area contributed by atoms with Crippen molar-refractivity contribution in [3.05, 3.63) is 40.8 Å². The molecule has 0 spiro atoms. The minimum atomic E-state index is -0.0795. The predicted octanol–water partition coefficient (Wildman–Crippen LogP) is 1.96. The zero-order chi connectivity index (χ0) is 13.3. The van der Waals surface area contributed by atoms with Crippen molar-refractivity contribution in [3.8, 4) is 11.9 Å². The lowest BCUT2D eigenvalue weighted by Crippen LogP contribution is -2.07. The fourth-order valence-electron chi connectivity index (χ4n) is 1.67. The molecule has 0 N–H and O–H groups in total. The smallest absolute Gasteiger partial charge is 0.165 e. The van der Waals surface area contributed by atoms with Crippen LogP contribution < -0.4 is 0 Å². The zero-order valence-corrected chi connectivity index (χ0v) is 10.4. The van der Waals surface area contributed by atoms with Crippen LogP contribution in [-0.2, 0) is 0 Å². The average Bonchev–Trinajstić information content (AvgIpc) is 2.70. The summed E-state index contributed by atoms with van der Waals surface area (Å²) in [6.45, 7) is 5.12. The molecular weight excluding hydrogens is 228 g/mol. The van der Waals surface area contributed by atoms with E-state index in [-0.39, 0.29) is 5.78 Å². The maximum Gasteiger partial charge on any atom is 0.165 e. The van der Waals surface area contributed by atoms with Crippen molar-refractivity contribution in [1.29, 1.82) is 5.26 Å². The number of hydrogen-bond donors (Lipinski definition) is 0. The highest BCUT2D eigenvalue weighted by atomic mass is 16.1. The van der Waals surface area contributed by atoms with Crippen molar-refractivity contribution >= 4 is 5.78 Å². The molecule has 18 heavy (non-hydrogen) atoms. The molecule has 0 unspecified atom stereocenters. The molecule has 0 bridgehead atoms. The fourth-order valence-corrected chi connectivity index (χ4v) is 1.67. The van der Waals surface area contributed by atoms with Crippen LogP contribution >= 0.6 is 0 Å². The van der Waals surface area contributed by atoms with Crippen molar-refractivity contribution in [1.82, 2.24) is 14.8 Å². The van der Waals surface area contributed by atoms with Gasteiger partial charge in [0.15, 0.2) is 17.3 Å². The van der Waals surface area contributed by atoms with E-state index in [9.17, 15) is 4.79 Å². The number of nitrogens with zero attached hydrogens (tertiary/aromatic N) is 4. The van der Waals surface area contributed by atoms with Crippen LogP contribution in [0.1, 0.15) is 34.2 Å². The predicted molar refractivity (Wildman–Crippen MR) is 65.6 cm³/mol. The second kappa shape index (κ2) is 4.41. The van der Waals surface area contributed by atoms with E-state index in [1.807, 2.05) is 13.0 Å². The second-order valence-electron chi connectivity index (χ2n) is 4.10. The van der Waals surface area contributed by atoms with Gasteiger partial charge in [-0.2, -0.15) is 10.4 Å². The molecule has 0 aliphatic rings. The van der Waals surface area contributed by atoms with Crippen LogP contribution in [0.25, 0.3) is 5.82 Å². The number of rotatable bonds is 2. The van der Waals surface area contributed by atoms with Gasteiger partial charge >= 0.3 is 0 Å². The van der Waals surface area contributed by atoms with E-state index in [2.05, 4.69) is 10.1 Å². The van der Waals surface area contributed by atoms with E-state index < -0.39 is 0 Å². The lowest BCUT2D eigenvalue weighted by Gasteiger charge is -2.06. The van der Waals surface area contributed by atoms with Gasteiger partial charge in [0.2, 0.25) is 0 Å². The second-order valence-corrected chi connectivity index (χ2v) is 4.10. The van der Waals surface area contributed by atoms with Gasteiger partial charge in [0, 0.05) is 17.5 Å². The first kappa shape index (κ1) is 12.0. The van der Waals surface area contributed by atoms with Gasteiger partial charge in [-0.3, -0.25) is 4.79 Å². The fraction of sp³-hybridized carbons (Fsp3) is 0.231. The largest absolute Gasteiger partial charge is 0.294 e. The van der Waals surface area contributed by atoms with E-state index in [1.165, 1.54) is 11.6 Å². The molecule has 0 atom stereocenters. The quantitative estimate of drug-likeness (QED) is 0.752.